The average Bonchev–Trinajstić information content (AvgIpc) is 3.51. The molecule has 1 aliphatic rings. The molecule has 0 radical (unpaired) electrons. The highest BCUT2D eigenvalue weighted by Gasteiger charge is 2.40. The number of nitrogens with zero attached hydrogens (tertiary/aromatic N) is 1. The maximum absolute atomic E-state index is 2.50. The van der Waals surface area contributed by atoms with Crippen molar-refractivity contribution in [2.75, 3.05) is 4.90 Å². The summed E-state index contributed by atoms with van der Waals surface area (Å²) in [5.74, 6) is 0. The first-order valence-electron chi connectivity index (χ1n) is 19.5. The van der Waals surface area contributed by atoms with Gasteiger partial charge in [-0.05, 0) is 90.8 Å². The second-order valence-electron chi connectivity index (χ2n) is 15.3. The summed E-state index contributed by atoms with van der Waals surface area (Å²) in [6, 6.07) is 77.5. The normalized spacial score (nSPS) is 12.6. The second kappa shape index (κ2) is 13.7. The Morgan fingerprint density at radius 1 is 0.321 bits per heavy atom. The molecule has 0 saturated carbocycles. The van der Waals surface area contributed by atoms with Gasteiger partial charge in [-0.2, -0.15) is 0 Å². The molecule has 0 fully saturated rings. The Kier molecular flexibility index (Phi) is 8.23. The van der Waals surface area contributed by atoms with Gasteiger partial charge in [-0.1, -0.05) is 202 Å². The minimum absolute atomic E-state index is 0.173. The van der Waals surface area contributed by atoms with Gasteiger partial charge in [0.15, 0.2) is 0 Å². The maximum Gasteiger partial charge on any atom is 0.0624 e. The number of hydrogen-bond donors (Lipinski definition) is 0. The lowest BCUT2D eigenvalue weighted by Crippen LogP contribution is -2.17. The molecule has 0 N–H and O–H groups in total. The van der Waals surface area contributed by atoms with Crippen LogP contribution in [-0.2, 0) is 5.41 Å². The van der Waals surface area contributed by atoms with Crippen LogP contribution >= 0.6 is 0 Å². The van der Waals surface area contributed by atoms with E-state index in [9.17, 15) is 0 Å². The van der Waals surface area contributed by atoms with Crippen LogP contribution in [0.3, 0.4) is 0 Å². The minimum atomic E-state index is -0.173. The number of hydrogen-bond acceptors (Lipinski definition) is 1. The molecular formula is C55H41N. The standard InChI is InChI=1S/C55H41N/c1-55(2)50-25-15-14-24-49(50)52-51(44-20-10-5-11-21-44)54(48-23-13-12-22-47(48)53(52)55)56(45-34-30-42(31-35-45)39-18-8-4-9-19-39)46-36-32-43(33-37-46)41-28-26-40(27-29-41)38-16-6-3-7-17-38/h3-37H,1-2H3. The van der Waals surface area contributed by atoms with Gasteiger partial charge in [0, 0.05) is 27.7 Å². The van der Waals surface area contributed by atoms with Gasteiger partial charge < -0.3 is 4.90 Å². The Bertz CT molecular complexity index is 2820. The summed E-state index contributed by atoms with van der Waals surface area (Å²) in [5.41, 5.74) is 18.3. The van der Waals surface area contributed by atoms with Crippen LogP contribution in [0.5, 0.6) is 0 Å². The molecule has 266 valence electrons. The Morgan fingerprint density at radius 2 is 0.696 bits per heavy atom. The highest BCUT2D eigenvalue weighted by Crippen LogP contribution is 2.59. The van der Waals surface area contributed by atoms with E-state index in [0.717, 1.165) is 11.4 Å². The average molecular weight is 716 g/mol. The van der Waals surface area contributed by atoms with Gasteiger partial charge in [0.25, 0.3) is 0 Å². The van der Waals surface area contributed by atoms with E-state index in [4.69, 9.17) is 0 Å². The molecule has 0 heterocycles. The third-order valence-corrected chi connectivity index (χ3v) is 11.7. The summed E-state index contributed by atoms with van der Waals surface area (Å²) in [4.78, 5) is 2.50. The lowest BCUT2D eigenvalue weighted by atomic mass is 9.78. The van der Waals surface area contributed by atoms with E-state index in [-0.39, 0.29) is 5.41 Å². The lowest BCUT2D eigenvalue weighted by Gasteiger charge is -2.32. The van der Waals surface area contributed by atoms with Gasteiger partial charge in [0.1, 0.15) is 0 Å². The monoisotopic (exact) mass is 715 g/mol. The topological polar surface area (TPSA) is 3.24 Å². The van der Waals surface area contributed by atoms with Crippen molar-refractivity contribution in [2.24, 2.45) is 0 Å². The fourth-order valence-electron chi connectivity index (χ4n) is 8.97. The van der Waals surface area contributed by atoms with Crippen LogP contribution in [0.2, 0.25) is 0 Å². The summed E-state index contributed by atoms with van der Waals surface area (Å²) in [7, 11) is 0. The van der Waals surface area contributed by atoms with Crippen LogP contribution < -0.4 is 4.90 Å². The molecule has 0 amide bonds. The first-order valence-corrected chi connectivity index (χ1v) is 19.5. The fourth-order valence-corrected chi connectivity index (χ4v) is 8.97. The molecule has 1 aliphatic carbocycles. The molecule has 56 heavy (non-hydrogen) atoms. The Balaban J connectivity index is 1.21. The van der Waals surface area contributed by atoms with Crippen LogP contribution in [0.15, 0.2) is 212 Å². The van der Waals surface area contributed by atoms with Gasteiger partial charge in [0.05, 0.1) is 5.69 Å². The van der Waals surface area contributed by atoms with Crippen LogP contribution in [0.1, 0.15) is 25.0 Å². The molecule has 0 atom stereocenters. The summed E-state index contributed by atoms with van der Waals surface area (Å²) < 4.78 is 0. The van der Waals surface area contributed by atoms with Crippen LogP contribution in [0, 0.1) is 0 Å². The zero-order valence-corrected chi connectivity index (χ0v) is 31.7. The number of rotatable bonds is 7. The highest BCUT2D eigenvalue weighted by atomic mass is 15.1. The molecule has 1 nitrogen and oxygen atoms in total. The molecule has 1 heteroatoms. The van der Waals surface area contributed by atoms with E-state index in [1.165, 1.54) is 83.2 Å². The number of fused-ring (bicyclic) bond motifs is 5. The van der Waals surface area contributed by atoms with Crippen LogP contribution in [0.25, 0.3) is 66.4 Å². The van der Waals surface area contributed by atoms with Crippen molar-refractivity contribution in [3.8, 4) is 55.6 Å². The van der Waals surface area contributed by atoms with Gasteiger partial charge in [-0.3, -0.25) is 0 Å². The van der Waals surface area contributed by atoms with Crippen molar-refractivity contribution in [1.29, 1.82) is 0 Å². The minimum Gasteiger partial charge on any atom is -0.309 e. The maximum atomic E-state index is 2.50. The number of benzene rings is 9. The molecular weight excluding hydrogens is 675 g/mol. The predicted octanol–water partition coefficient (Wildman–Crippen LogP) is 15.3. The Morgan fingerprint density at radius 3 is 1.20 bits per heavy atom. The molecule has 9 aromatic carbocycles. The first kappa shape index (κ1) is 33.6. The van der Waals surface area contributed by atoms with Crippen LogP contribution in [0.4, 0.5) is 17.1 Å². The van der Waals surface area contributed by atoms with Crippen LogP contribution in [-0.4, -0.2) is 0 Å². The molecule has 0 spiro atoms. The number of anilines is 3. The van der Waals surface area contributed by atoms with Gasteiger partial charge in [0.2, 0.25) is 0 Å². The summed E-state index contributed by atoms with van der Waals surface area (Å²) in [6.07, 6.45) is 0. The summed E-state index contributed by atoms with van der Waals surface area (Å²) in [6.45, 7) is 4.79. The highest BCUT2D eigenvalue weighted by molar-refractivity contribution is 6.15. The predicted molar refractivity (Wildman–Crippen MR) is 238 cm³/mol. The van der Waals surface area contributed by atoms with E-state index < -0.39 is 0 Å². The van der Waals surface area contributed by atoms with Gasteiger partial charge in [-0.15, -0.1) is 0 Å². The molecule has 10 rings (SSSR count). The van der Waals surface area contributed by atoms with Crippen molar-refractivity contribution in [3.63, 3.8) is 0 Å². The largest absolute Gasteiger partial charge is 0.309 e. The molecule has 0 bridgehead atoms. The van der Waals surface area contributed by atoms with E-state index in [0.29, 0.717) is 0 Å². The SMILES string of the molecule is CC1(C)c2ccccc2-c2c(-c3ccccc3)c(N(c3ccc(-c4ccccc4)cc3)c3ccc(-c4ccc(-c5ccccc5)cc4)cc3)c3ccccc3c21. The van der Waals surface area contributed by atoms with Crippen molar-refractivity contribution in [1.82, 2.24) is 0 Å². The lowest BCUT2D eigenvalue weighted by molar-refractivity contribution is 0.666. The summed E-state index contributed by atoms with van der Waals surface area (Å²) >= 11 is 0. The Labute approximate surface area is 329 Å². The van der Waals surface area contributed by atoms with E-state index in [1.54, 1.807) is 0 Å². The van der Waals surface area contributed by atoms with Gasteiger partial charge in [-0.25, -0.2) is 0 Å². The van der Waals surface area contributed by atoms with E-state index >= 15 is 0 Å². The van der Waals surface area contributed by atoms with Crippen molar-refractivity contribution in [3.05, 3.63) is 223 Å². The van der Waals surface area contributed by atoms with E-state index in [1.807, 2.05) is 0 Å². The zero-order valence-electron chi connectivity index (χ0n) is 31.7. The molecule has 0 unspecified atom stereocenters. The quantitative estimate of drug-likeness (QED) is 0.159. The third-order valence-electron chi connectivity index (χ3n) is 11.7. The Hall–Kier alpha value is -6.96. The molecule has 9 aromatic rings. The first-order chi connectivity index (χ1) is 27.6. The zero-order chi connectivity index (χ0) is 37.6. The van der Waals surface area contributed by atoms with Crippen molar-refractivity contribution >= 4 is 27.8 Å². The van der Waals surface area contributed by atoms with E-state index in [2.05, 4.69) is 231 Å². The van der Waals surface area contributed by atoms with Gasteiger partial charge >= 0.3 is 0 Å². The summed E-state index contributed by atoms with van der Waals surface area (Å²) in [5, 5.41) is 2.53. The van der Waals surface area contributed by atoms with Crippen molar-refractivity contribution in [2.45, 2.75) is 19.3 Å². The van der Waals surface area contributed by atoms with Crippen molar-refractivity contribution < 1.29 is 0 Å². The fraction of sp³-hybridized carbons (Fsp3) is 0.0545. The molecule has 0 saturated heterocycles. The smallest absolute Gasteiger partial charge is 0.0624 e. The molecule has 0 aromatic heterocycles. The second-order valence-corrected chi connectivity index (χ2v) is 15.3. The third kappa shape index (κ3) is 5.63. The molecule has 0 aliphatic heterocycles.